The third kappa shape index (κ3) is 6.18. The topological polar surface area (TPSA) is 112 Å². The predicted octanol–water partition coefficient (Wildman–Crippen LogP) is 5.03. The molecule has 0 amide bonds. The number of esters is 1. The molecular weight excluding hydrogens is 646 g/mol. The van der Waals surface area contributed by atoms with Gasteiger partial charge in [0.05, 0.1) is 58.8 Å². The first-order valence-corrected chi connectivity index (χ1v) is 15.2. The van der Waals surface area contributed by atoms with Crippen LogP contribution >= 0.6 is 27.3 Å². The number of benzene rings is 3. The van der Waals surface area contributed by atoms with Gasteiger partial charge in [-0.05, 0) is 88.9 Å². The van der Waals surface area contributed by atoms with Crippen LogP contribution in [0.2, 0.25) is 0 Å². The van der Waals surface area contributed by atoms with Crippen molar-refractivity contribution in [1.82, 2.24) is 4.57 Å². The third-order valence-electron chi connectivity index (χ3n) is 6.96. The molecule has 5 rings (SSSR count). The van der Waals surface area contributed by atoms with Crippen molar-refractivity contribution in [2.45, 2.75) is 26.5 Å². The Morgan fingerprint density at radius 3 is 2.48 bits per heavy atom. The van der Waals surface area contributed by atoms with Gasteiger partial charge in [0.15, 0.2) is 16.3 Å². The molecule has 4 aromatic rings. The minimum atomic E-state index is -0.724. The third-order valence-corrected chi connectivity index (χ3v) is 8.54. The lowest BCUT2D eigenvalue weighted by Gasteiger charge is -2.24. The monoisotopic (exact) mass is 673 g/mol. The molecule has 0 fully saturated rings. The van der Waals surface area contributed by atoms with Gasteiger partial charge < -0.3 is 18.9 Å². The quantitative estimate of drug-likeness (QED) is 0.229. The van der Waals surface area contributed by atoms with Crippen molar-refractivity contribution in [1.29, 1.82) is 5.26 Å². The number of halogens is 1. The van der Waals surface area contributed by atoms with E-state index in [1.807, 2.05) is 30.3 Å². The normalized spacial score (nSPS) is 14.4. The number of fused-ring (bicyclic) bond motifs is 1. The summed E-state index contributed by atoms with van der Waals surface area (Å²) in [5.41, 5.74) is 3.40. The summed E-state index contributed by atoms with van der Waals surface area (Å²) in [7, 11) is 3.12. The summed E-state index contributed by atoms with van der Waals surface area (Å²) in [5, 5.41) is 9.03. The van der Waals surface area contributed by atoms with Crippen molar-refractivity contribution in [3.8, 4) is 23.3 Å². The number of hydrogen-bond donors (Lipinski definition) is 0. The van der Waals surface area contributed by atoms with Crippen LogP contribution in [0.5, 0.6) is 17.2 Å². The largest absolute Gasteiger partial charge is 0.497 e. The zero-order valence-electron chi connectivity index (χ0n) is 24.4. The van der Waals surface area contributed by atoms with Crippen molar-refractivity contribution in [2.24, 2.45) is 4.99 Å². The highest BCUT2D eigenvalue weighted by Crippen LogP contribution is 2.37. The number of ether oxygens (including phenoxy) is 4. The second kappa shape index (κ2) is 13.3. The SMILES string of the molecule is CCOC(=O)C1=C(C)N=c2s/c(=C/c3cc(Br)c(OCc4ccc(C#N)cc4)c(OC)c3)c(=O)n2[C@H]1c1ccc(OC)cc1. The molecule has 44 heavy (non-hydrogen) atoms. The summed E-state index contributed by atoms with van der Waals surface area (Å²) >= 11 is 4.82. The van der Waals surface area contributed by atoms with Gasteiger partial charge in [-0.1, -0.05) is 35.6 Å². The van der Waals surface area contributed by atoms with Gasteiger partial charge in [0.1, 0.15) is 12.4 Å². The van der Waals surface area contributed by atoms with Crippen LogP contribution in [0.15, 0.2) is 86.2 Å². The van der Waals surface area contributed by atoms with Crippen molar-refractivity contribution in [3.05, 3.63) is 118 Å². The Labute approximate surface area is 266 Å². The van der Waals surface area contributed by atoms with E-state index in [-0.39, 0.29) is 18.8 Å². The average Bonchev–Trinajstić information content (AvgIpc) is 3.33. The van der Waals surface area contributed by atoms with Crippen LogP contribution in [0.1, 0.15) is 42.1 Å². The fourth-order valence-corrected chi connectivity index (χ4v) is 6.46. The smallest absolute Gasteiger partial charge is 0.338 e. The van der Waals surface area contributed by atoms with Gasteiger partial charge in [-0.3, -0.25) is 9.36 Å². The molecule has 9 nitrogen and oxygen atoms in total. The molecule has 0 unspecified atom stereocenters. The number of aromatic nitrogens is 1. The Morgan fingerprint density at radius 1 is 1.11 bits per heavy atom. The number of nitriles is 1. The number of nitrogens with zero attached hydrogens (tertiary/aromatic N) is 3. The van der Waals surface area contributed by atoms with Crippen LogP contribution in [-0.2, 0) is 16.1 Å². The van der Waals surface area contributed by atoms with Crippen LogP contribution in [0.3, 0.4) is 0 Å². The summed E-state index contributed by atoms with van der Waals surface area (Å²) in [6.45, 7) is 3.95. The van der Waals surface area contributed by atoms with Gasteiger partial charge >= 0.3 is 5.97 Å². The number of rotatable bonds is 9. The lowest BCUT2D eigenvalue weighted by atomic mass is 9.96. The fourth-order valence-electron chi connectivity index (χ4n) is 4.84. The lowest BCUT2D eigenvalue weighted by molar-refractivity contribution is -0.139. The highest BCUT2D eigenvalue weighted by Gasteiger charge is 2.33. The molecule has 0 spiro atoms. The minimum absolute atomic E-state index is 0.194. The van der Waals surface area contributed by atoms with E-state index in [0.717, 1.165) is 11.1 Å². The van der Waals surface area contributed by atoms with Crippen molar-refractivity contribution in [3.63, 3.8) is 0 Å². The molecule has 0 saturated heterocycles. The Morgan fingerprint density at radius 2 is 1.84 bits per heavy atom. The molecule has 11 heteroatoms. The standard InChI is InChI=1S/C33H28BrN3O6S/c1-5-42-32(39)28-19(2)36-33-37(29(28)23-10-12-24(40-3)13-11-23)31(38)27(44-33)16-22-14-25(34)30(26(15-22)41-4)43-18-21-8-6-20(17-35)7-9-21/h6-16,29H,5,18H2,1-4H3/b27-16+/t29-/m0/s1. The Balaban J connectivity index is 1.55. The highest BCUT2D eigenvalue weighted by atomic mass is 79.9. The molecule has 0 N–H and O–H groups in total. The second-order valence-corrected chi connectivity index (χ2v) is 11.6. The molecule has 1 aromatic heterocycles. The second-order valence-electron chi connectivity index (χ2n) is 9.71. The van der Waals surface area contributed by atoms with Crippen molar-refractivity contribution < 1.29 is 23.7 Å². The number of hydrogen-bond acceptors (Lipinski definition) is 9. The molecule has 0 radical (unpaired) electrons. The minimum Gasteiger partial charge on any atom is -0.497 e. The summed E-state index contributed by atoms with van der Waals surface area (Å²) < 4.78 is 25.0. The molecule has 3 aromatic carbocycles. The fraction of sp³-hybridized carbons (Fsp3) is 0.212. The molecule has 1 atom stereocenters. The van der Waals surface area contributed by atoms with E-state index in [1.54, 1.807) is 69.0 Å². The number of carbonyl (C=O) groups excluding carboxylic acids is 1. The molecule has 224 valence electrons. The van der Waals surface area contributed by atoms with Crippen LogP contribution in [0.4, 0.5) is 0 Å². The first-order valence-electron chi connectivity index (χ1n) is 13.6. The van der Waals surface area contributed by atoms with Crippen molar-refractivity contribution in [2.75, 3.05) is 20.8 Å². The summed E-state index contributed by atoms with van der Waals surface area (Å²) in [6.07, 6.45) is 1.76. The molecule has 0 saturated carbocycles. The first-order chi connectivity index (χ1) is 21.3. The number of allylic oxidation sites excluding steroid dienone is 1. The molecule has 0 aliphatic carbocycles. The van der Waals surface area contributed by atoms with Gasteiger partial charge in [-0.15, -0.1) is 0 Å². The maximum absolute atomic E-state index is 14.0. The van der Waals surface area contributed by atoms with Gasteiger partial charge in [-0.2, -0.15) is 5.26 Å². The number of methoxy groups -OCH3 is 2. The van der Waals surface area contributed by atoms with Gasteiger partial charge in [-0.25, -0.2) is 9.79 Å². The van der Waals surface area contributed by atoms with Gasteiger partial charge in [0.2, 0.25) is 0 Å². The van der Waals surface area contributed by atoms with E-state index < -0.39 is 12.0 Å². The maximum atomic E-state index is 14.0. The van der Waals surface area contributed by atoms with E-state index in [1.165, 1.54) is 11.3 Å². The zero-order valence-corrected chi connectivity index (χ0v) is 26.8. The summed E-state index contributed by atoms with van der Waals surface area (Å²) in [5.74, 6) is 1.12. The Kier molecular flexibility index (Phi) is 9.32. The Bertz CT molecular complexity index is 1970. The van der Waals surface area contributed by atoms with E-state index in [4.69, 9.17) is 24.2 Å². The molecule has 1 aliphatic rings. The first kappa shape index (κ1) is 30.8. The molecular formula is C33H28BrN3O6S. The van der Waals surface area contributed by atoms with Crippen LogP contribution in [0, 0.1) is 11.3 Å². The maximum Gasteiger partial charge on any atom is 0.338 e. The van der Waals surface area contributed by atoms with Crippen LogP contribution in [0.25, 0.3) is 6.08 Å². The molecule has 1 aliphatic heterocycles. The highest BCUT2D eigenvalue weighted by molar-refractivity contribution is 9.10. The molecule has 2 heterocycles. The molecule has 0 bridgehead atoms. The average molecular weight is 675 g/mol. The van der Waals surface area contributed by atoms with E-state index in [0.29, 0.717) is 53.5 Å². The van der Waals surface area contributed by atoms with E-state index in [9.17, 15) is 9.59 Å². The van der Waals surface area contributed by atoms with Crippen LogP contribution < -0.4 is 29.1 Å². The summed E-state index contributed by atoms with van der Waals surface area (Å²) in [4.78, 5) is 32.2. The van der Waals surface area contributed by atoms with Crippen molar-refractivity contribution >= 4 is 39.3 Å². The predicted molar refractivity (Wildman–Crippen MR) is 170 cm³/mol. The van der Waals surface area contributed by atoms with Gasteiger partial charge in [0.25, 0.3) is 5.56 Å². The van der Waals surface area contributed by atoms with E-state index in [2.05, 4.69) is 27.0 Å². The van der Waals surface area contributed by atoms with E-state index >= 15 is 0 Å². The number of carbonyl (C=O) groups is 1. The summed E-state index contributed by atoms with van der Waals surface area (Å²) in [6, 6.07) is 19.4. The Hall–Kier alpha value is -4.66. The lowest BCUT2D eigenvalue weighted by Crippen LogP contribution is -2.39. The zero-order chi connectivity index (χ0) is 31.4. The van der Waals surface area contributed by atoms with Crippen LogP contribution in [-0.4, -0.2) is 31.4 Å². The van der Waals surface area contributed by atoms with Gasteiger partial charge in [0, 0.05) is 0 Å². The number of thiazole rings is 1.